The molecule has 0 N–H and O–H groups in total. The Morgan fingerprint density at radius 2 is 2.06 bits per heavy atom. The lowest BCUT2D eigenvalue weighted by molar-refractivity contribution is -0.110. The highest BCUT2D eigenvalue weighted by molar-refractivity contribution is 8.14. The van der Waals surface area contributed by atoms with Gasteiger partial charge in [-0.3, -0.25) is 4.79 Å². The molecule has 0 spiro atoms. The molecule has 1 aromatic carbocycles. The topological polar surface area (TPSA) is 42.9 Å². The Balaban J connectivity index is 1.95. The molecule has 0 saturated carbocycles. The van der Waals surface area contributed by atoms with Crippen molar-refractivity contribution in [1.29, 1.82) is 0 Å². The number of nitrogens with zero attached hydrogens (tertiary/aromatic N) is 2. The summed E-state index contributed by atoms with van der Waals surface area (Å²) in [6, 6.07) is 9.70. The molecule has 82 valence electrons. The maximum Gasteiger partial charge on any atom is 0.200 e. The van der Waals surface area contributed by atoms with Crippen LogP contribution in [-0.4, -0.2) is 15.3 Å². The fourth-order valence-electron chi connectivity index (χ4n) is 1.22. The lowest BCUT2D eigenvalue weighted by atomic mass is 10.2. The van der Waals surface area contributed by atoms with Gasteiger partial charge in [0.05, 0.1) is 0 Å². The Morgan fingerprint density at radius 3 is 2.69 bits per heavy atom. The van der Waals surface area contributed by atoms with E-state index in [1.165, 1.54) is 23.1 Å². The minimum absolute atomic E-state index is 0.0994. The molecule has 0 aliphatic carbocycles. The lowest BCUT2D eigenvalue weighted by Gasteiger charge is -1.97. The van der Waals surface area contributed by atoms with Gasteiger partial charge < -0.3 is 0 Å². The largest absolute Gasteiger partial charge is 0.286 e. The predicted octanol–water partition coefficient (Wildman–Crippen LogP) is 2.71. The standard InChI is InChI=1S/C11H10N2OS2/c1-8-12-13-11(15-8)16-10(14)7-9-5-3-2-4-6-9/h2-6H,7H2,1H3. The average molecular weight is 250 g/mol. The molecule has 0 fully saturated rings. The van der Waals surface area contributed by atoms with E-state index < -0.39 is 0 Å². The van der Waals surface area contributed by atoms with Crippen molar-refractivity contribution in [2.24, 2.45) is 0 Å². The fourth-order valence-corrected chi connectivity index (χ4v) is 2.95. The highest BCUT2D eigenvalue weighted by atomic mass is 32.2. The molecule has 0 amide bonds. The first kappa shape index (κ1) is 11.3. The Morgan fingerprint density at radius 1 is 1.31 bits per heavy atom. The molecule has 0 unspecified atom stereocenters. The minimum atomic E-state index is 0.0994. The second-order valence-corrected chi connectivity index (χ2v) is 5.71. The van der Waals surface area contributed by atoms with Crippen LogP contribution < -0.4 is 0 Å². The molecule has 0 radical (unpaired) electrons. The molecule has 0 aliphatic rings. The van der Waals surface area contributed by atoms with Gasteiger partial charge in [-0.2, -0.15) is 0 Å². The van der Waals surface area contributed by atoms with Crippen molar-refractivity contribution in [2.45, 2.75) is 17.7 Å². The van der Waals surface area contributed by atoms with E-state index in [-0.39, 0.29) is 5.12 Å². The number of carbonyl (C=O) groups excluding carboxylic acids is 1. The van der Waals surface area contributed by atoms with Gasteiger partial charge >= 0.3 is 0 Å². The van der Waals surface area contributed by atoms with E-state index in [9.17, 15) is 4.79 Å². The molecule has 0 saturated heterocycles. The van der Waals surface area contributed by atoms with E-state index in [0.29, 0.717) is 6.42 Å². The number of benzene rings is 1. The molecule has 1 heterocycles. The summed E-state index contributed by atoms with van der Waals surface area (Å²) in [5, 5.41) is 8.76. The minimum Gasteiger partial charge on any atom is -0.286 e. The van der Waals surface area contributed by atoms with Crippen molar-refractivity contribution in [1.82, 2.24) is 10.2 Å². The zero-order valence-corrected chi connectivity index (χ0v) is 10.3. The summed E-state index contributed by atoms with van der Waals surface area (Å²) < 4.78 is 0.721. The van der Waals surface area contributed by atoms with Gasteiger partial charge in [-0.1, -0.05) is 41.7 Å². The monoisotopic (exact) mass is 250 g/mol. The predicted molar refractivity (Wildman–Crippen MR) is 65.7 cm³/mol. The summed E-state index contributed by atoms with van der Waals surface area (Å²) in [5.74, 6) is 0. The number of rotatable bonds is 3. The highest BCUT2D eigenvalue weighted by Gasteiger charge is 2.09. The van der Waals surface area contributed by atoms with Crippen LogP contribution in [-0.2, 0) is 11.2 Å². The number of hydrogen-bond donors (Lipinski definition) is 0. The second-order valence-electron chi connectivity index (χ2n) is 3.22. The van der Waals surface area contributed by atoms with Crippen LogP contribution in [0.4, 0.5) is 0 Å². The fraction of sp³-hybridized carbons (Fsp3) is 0.182. The number of thioether (sulfide) groups is 1. The van der Waals surface area contributed by atoms with Gasteiger partial charge in [0.25, 0.3) is 0 Å². The number of aryl methyl sites for hydroxylation is 1. The van der Waals surface area contributed by atoms with Crippen molar-refractivity contribution < 1.29 is 4.79 Å². The number of carbonyl (C=O) groups is 1. The lowest BCUT2D eigenvalue weighted by Crippen LogP contribution is -1.96. The van der Waals surface area contributed by atoms with Crippen LogP contribution in [0.25, 0.3) is 0 Å². The molecule has 16 heavy (non-hydrogen) atoms. The van der Waals surface area contributed by atoms with Crippen LogP contribution in [0.1, 0.15) is 10.6 Å². The van der Waals surface area contributed by atoms with Crippen molar-refractivity contribution in [2.75, 3.05) is 0 Å². The Labute approximate surface area is 102 Å². The smallest absolute Gasteiger partial charge is 0.200 e. The van der Waals surface area contributed by atoms with Gasteiger partial charge in [-0.05, 0) is 24.2 Å². The van der Waals surface area contributed by atoms with Gasteiger partial charge in [0.2, 0.25) is 0 Å². The van der Waals surface area contributed by atoms with Crippen LogP contribution in [0.5, 0.6) is 0 Å². The van der Waals surface area contributed by atoms with Crippen molar-refractivity contribution >= 4 is 28.2 Å². The van der Waals surface area contributed by atoms with E-state index in [1.54, 1.807) is 0 Å². The molecular weight excluding hydrogens is 240 g/mol. The maximum atomic E-state index is 11.7. The summed E-state index contributed by atoms with van der Waals surface area (Å²) in [5.41, 5.74) is 1.03. The van der Waals surface area contributed by atoms with E-state index in [2.05, 4.69) is 10.2 Å². The van der Waals surface area contributed by atoms with Gasteiger partial charge in [0.15, 0.2) is 9.45 Å². The summed E-state index contributed by atoms with van der Waals surface area (Å²) >= 11 is 2.61. The molecule has 2 rings (SSSR count). The molecule has 0 bridgehead atoms. The van der Waals surface area contributed by atoms with Crippen LogP contribution in [0, 0.1) is 6.92 Å². The molecule has 2 aromatic rings. The van der Waals surface area contributed by atoms with Crippen molar-refractivity contribution in [3.63, 3.8) is 0 Å². The third-order valence-electron chi connectivity index (χ3n) is 1.90. The summed E-state index contributed by atoms with van der Waals surface area (Å²) in [7, 11) is 0. The van der Waals surface area contributed by atoms with E-state index in [0.717, 1.165) is 14.9 Å². The molecule has 0 aliphatic heterocycles. The Kier molecular flexibility index (Phi) is 3.69. The van der Waals surface area contributed by atoms with E-state index >= 15 is 0 Å². The van der Waals surface area contributed by atoms with Crippen molar-refractivity contribution in [3.8, 4) is 0 Å². The van der Waals surface area contributed by atoms with Crippen LogP contribution in [0.3, 0.4) is 0 Å². The Hall–Kier alpha value is -1.20. The van der Waals surface area contributed by atoms with Gasteiger partial charge in [0.1, 0.15) is 5.01 Å². The normalized spacial score (nSPS) is 10.3. The SMILES string of the molecule is Cc1nnc(SC(=O)Cc2ccccc2)s1. The zero-order chi connectivity index (χ0) is 11.4. The number of hydrogen-bond acceptors (Lipinski definition) is 5. The first-order valence-electron chi connectivity index (χ1n) is 4.79. The molecule has 1 aromatic heterocycles. The highest BCUT2D eigenvalue weighted by Crippen LogP contribution is 2.23. The summed E-state index contributed by atoms with van der Waals surface area (Å²) in [4.78, 5) is 11.7. The summed E-state index contributed by atoms with van der Waals surface area (Å²) in [6.45, 7) is 1.88. The van der Waals surface area contributed by atoms with Crippen LogP contribution >= 0.6 is 23.1 Å². The third kappa shape index (κ3) is 3.15. The first-order valence-corrected chi connectivity index (χ1v) is 6.42. The molecular formula is C11H10N2OS2. The quantitative estimate of drug-likeness (QED) is 0.786. The third-order valence-corrected chi connectivity index (χ3v) is 3.66. The van der Waals surface area contributed by atoms with Gasteiger partial charge in [-0.15, -0.1) is 10.2 Å². The van der Waals surface area contributed by atoms with Crippen molar-refractivity contribution in [3.05, 3.63) is 40.9 Å². The molecule has 5 heteroatoms. The maximum absolute atomic E-state index is 11.7. The Bertz CT molecular complexity index is 482. The van der Waals surface area contributed by atoms with Gasteiger partial charge in [-0.25, -0.2) is 0 Å². The van der Waals surface area contributed by atoms with Crippen LogP contribution in [0.2, 0.25) is 0 Å². The van der Waals surface area contributed by atoms with Gasteiger partial charge in [0, 0.05) is 6.42 Å². The average Bonchev–Trinajstić information content (AvgIpc) is 2.65. The number of aromatic nitrogens is 2. The van der Waals surface area contributed by atoms with E-state index in [1.807, 2.05) is 37.3 Å². The molecule has 0 atom stereocenters. The van der Waals surface area contributed by atoms with E-state index in [4.69, 9.17) is 0 Å². The van der Waals surface area contributed by atoms with Crippen LogP contribution in [0.15, 0.2) is 34.7 Å². The molecule has 3 nitrogen and oxygen atoms in total. The zero-order valence-electron chi connectivity index (χ0n) is 8.71. The summed E-state index contributed by atoms with van der Waals surface area (Å²) in [6.07, 6.45) is 0.435. The second kappa shape index (κ2) is 5.23. The first-order chi connectivity index (χ1) is 7.74.